The van der Waals surface area contributed by atoms with E-state index in [1.165, 1.54) is 6.08 Å². The third kappa shape index (κ3) is 4.73. The molecule has 3 aromatic rings. The van der Waals surface area contributed by atoms with Gasteiger partial charge in [-0.1, -0.05) is 54.1 Å². The molecule has 2 atom stereocenters. The number of nitrogens with one attached hydrogen (secondary N) is 1. The lowest BCUT2D eigenvalue weighted by atomic mass is 10.0. The molecule has 0 bridgehead atoms. The molecule has 138 valence electrons. The number of carbonyl (C=O) groups is 1. The van der Waals surface area contributed by atoms with E-state index in [-0.39, 0.29) is 18.1 Å². The minimum atomic E-state index is -0.338. The zero-order valence-corrected chi connectivity index (χ0v) is 16.0. The van der Waals surface area contributed by atoms with Gasteiger partial charge in [-0.15, -0.1) is 0 Å². The van der Waals surface area contributed by atoms with E-state index in [2.05, 4.69) is 10.3 Å². The number of ether oxygens (including phenoxy) is 1. The lowest BCUT2D eigenvalue weighted by Crippen LogP contribution is -2.36. The van der Waals surface area contributed by atoms with Gasteiger partial charge in [0.05, 0.1) is 17.3 Å². The molecule has 4 nitrogen and oxygen atoms in total. The number of methoxy groups -OCH3 is 1. The molecule has 27 heavy (non-hydrogen) atoms. The van der Waals surface area contributed by atoms with Gasteiger partial charge in [-0.2, -0.15) is 0 Å². The topological polar surface area (TPSA) is 51.2 Å². The summed E-state index contributed by atoms with van der Waals surface area (Å²) in [6, 6.07) is 18.9. The Labute approximate surface area is 163 Å². The summed E-state index contributed by atoms with van der Waals surface area (Å²) >= 11 is 6.25. The molecule has 1 aromatic heterocycles. The second-order valence-corrected chi connectivity index (χ2v) is 6.64. The predicted octanol–water partition coefficient (Wildman–Crippen LogP) is 4.79. The number of para-hydroxylation sites is 1. The Morgan fingerprint density at radius 2 is 1.85 bits per heavy atom. The van der Waals surface area contributed by atoms with E-state index < -0.39 is 0 Å². The number of fused-ring (bicyclic) bond motifs is 1. The van der Waals surface area contributed by atoms with Crippen molar-refractivity contribution in [3.63, 3.8) is 0 Å². The van der Waals surface area contributed by atoms with Gasteiger partial charge in [-0.3, -0.25) is 4.79 Å². The molecule has 0 aliphatic rings. The molecule has 5 heteroatoms. The minimum Gasteiger partial charge on any atom is -0.375 e. The van der Waals surface area contributed by atoms with Crippen LogP contribution in [0.5, 0.6) is 0 Å². The highest BCUT2D eigenvalue weighted by Crippen LogP contribution is 2.27. The maximum atomic E-state index is 12.3. The molecule has 2 aromatic carbocycles. The van der Waals surface area contributed by atoms with Gasteiger partial charge in [-0.05, 0) is 31.2 Å². The van der Waals surface area contributed by atoms with Crippen LogP contribution in [0.4, 0.5) is 0 Å². The fraction of sp³-hybridized carbons (Fsp3) is 0.182. The van der Waals surface area contributed by atoms with Gasteiger partial charge in [0.1, 0.15) is 6.10 Å². The number of halogens is 1. The van der Waals surface area contributed by atoms with Crippen molar-refractivity contribution in [2.45, 2.75) is 19.1 Å². The summed E-state index contributed by atoms with van der Waals surface area (Å²) in [7, 11) is 1.60. The number of hydrogen-bond acceptors (Lipinski definition) is 3. The third-order valence-electron chi connectivity index (χ3n) is 4.32. The van der Waals surface area contributed by atoms with Gasteiger partial charge in [0.2, 0.25) is 5.91 Å². The van der Waals surface area contributed by atoms with E-state index in [1.54, 1.807) is 13.2 Å². The van der Waals surface area contributed by atoms with Crippen molar-refractivity contribution >= 4 is 34.5 Å². The Kier molecular flexibility index (Phi) is 6.22. The smallest absolute Gasteiger partial charge is 0.244 e. The number of hydrogen-bond donors (Lipinski definition) is 1. The first-order valence-corrected chi connectivity index (χ1v) is 9.08. The van der Waals surface area contributed by atoms with Crippen molar-refractivity contribution in [3.05, 3.63) is 83.0 Å². The second-order valence-electron chi connectivity index (χ2n) is 6.24. The molecule has 0 spiro atoms. The van der Waals surface area contributed by atoms with E-state index in [4.69, 9.17) is 16.3 Å². The Bertz CT molecular complexity index is 971. The maximum absolute atomic E-state index is 12.3. The van der Waals surface area contributed by atoms with Crippen LogP contribution in [0, 0.1) is 0 Å². The summed E-state index contributed by atoms with van der Waals surface area (Å²) < 4.78 is 5.56. The molecule has 0 saturated carbocycles. The number of carbonyl (C=O) groups excluding carboxylic acids is 1. The summed E-state index contributed by atoms with van der Waals surface area (Å²) in [6.45, 7) is 1.89. The second kappa shape index (κ2) is 8.80. The van der Waals surface area contributed by atoms with Crippen LogP contribution in [0.25, 0.3) is 17.0 Å². The Balaban J connectivity index is 1.68. The van der Waals surface area contributed by atoms with Gasteiger partial charge >= 0.3 is 0 Å². The van der Waals surface area contributed by atoms with E-state index in [0.29, 0.717) is 5.02 Å². The van der Waals surface area contributed by atoms with Crippen molar-refractivity contribution in [1.82, 2.24) is 10.3 Å². The average Bonchev–Trinajstić information content (AvgIpc) is 2.68. The highest BCUT2D eigenvalue weighted by atomic mass is 35.5. The normalized spacial score (nSPS) is 13.6. The van der Waals surface area contributed by atoms with Crippen LogP contribution in [0.1, 0.15) is 24.3 Å². The molecular formula is C22H21ClN2O2. The largest absolute Gasteiger partial charge is 0.375 e. The van der Waals surface area contributed by atoms with Gasteiger partial charge in [0.15, 0.2) is 0 Å². The van der Waals surface area contributed by atoms with Crippen molar-refractivity contribution < 1.29 is 9.53 Å². The summed E-state index contributed by atoms with van der Waals surface area (Å²) in [5.41, 5.74) is 2.46. The number of aromatic nitrogens is 1. The summed E-state index contributed by atoms with van der Waals surface area (Å²) in [6.07, 6.45) is 2.84. The van der Waals surface area contributed by atoms with Crippen LogP contribution in [0.3, 0.4) is 0 Å². The molecule has 3 rings (SSSR count). The lowest BCUT2D eigenvalue weighted by Gasteiger charge is -2.24. The lowest BCUT2D eigenvalue weighted by molar-refractivity contribution is -0.118. The molecular weight excluding hydrogens is 360 g/mol. The fourth-order valence-corrected chi connectivity index (χ4v) is 3.23. The molecule has 0 fully saturated rings. The highest BCUT2D eigenvalue weighted by Gasteiger charge is 2.22. The summed E-state index contributed by atoms with van der Waals surface area (Å²) in [5, 5.41) is 4.60. The fourth-order valence-electron chi connectivity index (χ4n) is 2.99. The number of pyridine rings is 1. The van der Waals surface area contributed by atoms with Gasteiger partial charge < -0.3 is 10.1 Å². The first-order chi connectivity index (χ1) is 13.1. The summed E-state index contributed by atoms with van der Waals surface area (Å²) in [4.78, 5) is 16.8. The van der Waals surface area contributed by atoms with Crippen LogP contribution in [-0.2, 0) is 9.53 Å². The minimum absolute atomic E-state index is 0.216. The molecule has 2 unspecified atom stereocenters. The zero-order valence-electron chi connectivity index (χ0n) is 15.2. The molecule has 0 saturated heterocycles. The maximum Gasteiger partial charge on any atom is 0.244 e. The SMILES string of the molecule is COC(c1ccccc1Cl)C(C)NC(=O)/C=C/c1ccc2ccccc2n1. The van der Waals surface area contributed by atoms with E-state index >= 15 is 0 Å². The van der Waals surface area contributed by atoms with Gasteiger partial charge in [-0.25, -0.2) is 4.98 Å². The van der Waals surface area contributed by atoms with E-state index in [0.717, 1.165) is 22.2 Å². The number of amides is 1. The van der Waals surface area contributed by atoms with Crippen LogP contribution in [0.2, 0.25) is 5.02 Å². The van der Waals surface area contributed by atoms with Crippen molar-refractivity contribution in [3.8, 4) is 0 Å². The van der Waals surface area contributed by atoms with Crippen LogP contribution >= 0.6 is 11.6 Å². The van der Waals surface area contributed by atoms with Crippen LogP contribution in [-0.4, -0.2) is 24.0 Å². The molecule has 0 aliphatic carbocycles. The number of benzene rings is 2. The van der Waals surface area contributed by atoms with Gasteiger partial charge in [0, 0.05) is 29.2 Å². The average molecular weight is 381 g/mol. The number of nitrogens with zero attached hydrogens (tertiary/aromatic N) is 1. The standard InChI is InChI=1S/C22H21ClN2O2/c1-15(22(27-2)18-8-4-5-9-19(18)23)24-21(26)14-13-17-12-11-16-7-3-6-10-20(16)25-17/h3-15,22H,1-2H3,(H,24,26)/b14-13+. The Hall–Kier alpha value is -2.69. The van der Waals surface area contributed by atoms with E-state index in [9.17, 15) is 4.79 Å². The van der Waals surface area contributed by atoms with Crippen molar-refractivity contribution in [1.29, 1.82) is 0 Å². The quantitative estimate of drug-likeness (QED) is 0.625. The molecule has 1 amide bonds. The van der Waals surface area contributed by atoms with Crippen molar-refractivity contribution in [2.24, 2.45) is 0 Å². The molecule has 1 heterocycles. The molecule has 0 aliphatic heterocycles. The van der Waals surface area contributed by atoms with E-state index in [1.807, 2.05) is 67.6 Å². The monoisotopic (exact) mass is 380 g/mol. The third-order valence-corrected chi connectivity index (χ3v) is 4.66. The molecule has 1 N–H and O–H groups in total. The van der Waals surface area contributed by atoms with Crippen LogP contribution < -0.4 is 5.32 Å². The molecule has 0 radical (unpaired) electrons. The highest BCUT2D eigenvalue weighted by molar-refractivity contribution is 6.31. The predicted molar refractivity (Wildman–Crippen MR) is 110 cm³/mol. The summed E-state index contributed by atoms with van der Waals surface area (Å²) in [5.74, 6) is -0.216. The van der Waals surface area contributed by atoms with Crippen molar-refractivity contribution in [2.75, 3.05) is 7.11 Å². The van der Waals surface area contributed by atoms with Gasteiger partial charge in [0.25, 0.3) is 0 Å². The Morgan fingerprint density at radius 1 is 1.11 bits per heavy atom. The zero-order chi connectivity index (χ0) is 19.2. The number of rotatable bonds is 6. The van der Waals surface area contributed by atoms with Crippen LogP contribution in [0.15, 0.2) is 66.7 Å². The Morgan fingerprint density at radius 3 is 2.63 bits per heavy atom. The first-order valence-electron chi connectivity index (χ1n) is 8.70. The first kappa shape index (κ1) is 19.1.